The molecule has 5 aromatic rings. The van der Waals surface area contributed by atoms with Crippen LogP contribution in [0.5, 0.6) is 11.5 Å². The predicted octanol–water partition coefficient (Wildman–Crippen LogP) is 6.46. The number of rotatable bonds is 10. The Hall–Kier alpha value is -4.21. The van der Waals surface area contributed by atoms with Crippen molar-refractivity contribution in [3.63, 3.8) is 0 Å². The maximum atomic E-state index is 12.4. The number of carbonyl (C=O) groups excluding carboxylic acids is 1. The van der Waals surface area contributed by atoms with Gasteiger partial charge in [-0.05, 0) is 75.4 Å². The van der Waals surface area contributed by atoms with E-state index in [4.69, 9.17) is 32.5 Å². The number of sulfone groups is 1. The summed E-state index contributed by atoms with van der Waals surface area (Å²) >= 11 is 12.5. The maximum Gasteiger partial charge on any atom is 0.294 e. The molecular weight excluding hydrogens is 701 g/mol. The number of aryl methyl sites for hydroxylation is 1. The summed E-state index contributed by atoms with van der Waals surface area (Å²) in [7, 11) is -7.58. The third kappa shape index (κ3) is 9.23. The molecule has 0 saturated heterocycles. The Morgan fingerprint density at radius 1 is 0.979 bits per heavy atom. The van der Waals surface area contributed by atoms with Gasteiger partial charge in [0.15, 0.2) is 15.7 Å². The fourth-order valence-corrected chi connectivity index (χ4v) is 5.44. The molecule has 16 heteroatoms. The second-order valence-electron chi connectivity index (χ2n) is 11.1. The summed E-state index contributed by atoms with van der Waals surface area (Å²) in [6, 6.07) is 20.1. The first-order valence-electron chi connectivity index (χ1n) is 14.3. The maximum absolute atomic E-state index is 12.4. The molecule has 0 unspecified atom stereocenters. The molecule has 254 valence electrons. The second kappa shape index (κ2) is 14.9. The number of hydrogen-bond donors (Lipinski definition) is 3. The van der Waals surface area contributed by atoms with Gasteiger partial charge >= 0.3 is 0 Å². The minimum atomic E-state index is -4.02. The highest BCUT2D eigenvalue weighted by Gasteiger charge is 2.38. The third-order valence-electron chi connectivity index (χ3n) is 7.20. The number of ether oxygens (including phenoxy) is 1. The zero-order valence-electron chi connectivity index (χ0n) is 26.3. The second-order valence-corrected chi connectivity index (χ2v) is 16.0. The summed E-state index contributed by atoms with van der Waals surface area (Å²) in [5.74, 6) is 1.02. The van der Waals surface area contributed by atoms with Crippen LogP contribution in [0, 0.1) is 6.92 Å². The van der Waals surface area contributed by atoms with Crippen molar-refractivity contribution < 1.29 is 30.9 Å². The van der Waals surface area contributed by atoms with E-state index in [0.717, 1.165) is 17.3 Å². The molecule has 2 heterocycles. The van der Waals surface area contributed by atoms with E-state index in [2.05, 4.69) is 20.6 Å². The van der Waals surface area contributed by atoms with E-state index in [1.54, 1.807) is 54.6 Å². The van der Waals surface area contributed by atoms with Crippen LogP contribution in [0.2, 0.25) is 10.0 Å². The van der Waals surface area contributed by atoms with Crippen molar-refractivity contribution in [2.24, 2.45) is 0 Å². The Kier molecular flexibility index (Phi) is 11.4. The molecule has 2 aromatic heterocycles. The van der Waals surface area contributed by atoms with Crippen LogP contribution in [0.15, 0.2) is 90.2 Å². The van der Waals surface area contributed by atoms with Crippen molar-refractivity contribution in [1.82, 2.24) is 19.9 Å². The fraction of sp³-hybridized carbons (Fsp3) is 0.219. The van der Waals surface area contributed by atoms with Gasteiger partial charge in [-0.25, -0.2) is 18.4 Å². The van der Waals surface area contributed by atoms with Crippen LogP contribution in [-0.4, -0.2) is 59.4 Å². The lowest BCUT2D eigenvalue weighted by Crippen LogP contribution is -2.48. The van der Waals surface area contributed by atoms with Crippen LogP contribution in [-0.2, 0) is 31.3 Å². The smallest absolute Gasteiger partial charge is 0.294 e. The highest BCUT2D eigenvalue weighted by Crippen LogP contribution is 2.34. The summed E-state index contributed by atoms with van der Waals surface area (Å²) in [6.45, 7) is 5.21. The Morgan fingerprint density at radius 3 is 2.31 bits per heavy atom. The summed E-state index contributed by atoms with van der Waals surface area (Å²) in [6.07, 6.45) is 4.32. The zero-order chi connectivity index (χ0) is 35.3. The van der Waals surface area contributed by atoms with E-state index in [9.17, 15) is 21.6 Å². The van der Waals surface area contributed by atoms with Gasteiger partial charge in [0.1, 0.15) is 28.1 Å². The van der Waals surface area contributed by atoms with Gasteiger partial charge in [-0.1, -0.05) is 47.0 Å². The standard InChI is InChI=1S/C25H25Cl2N5O4S.C7H8O3S/c1-25(2,37(3,34)35)24(33)28-10-12-32-11-9-20-22(32)23(30-15-29-20)31-17-7-8-21(19(27)14-17)36-18-6-4-5-16(26)13-18;1-6-2-4-7(5-3-6)11(8,9)10/h4-9,11,13-15H,10,12H2,1-3H3,(H,28,33)(H,29,30,31);2-5H,1H3,(H,8,9,10). The van der Waals surface area contributed by atoms with Crippen molar-refractivity contribution in [1.29, 1.82) is 0 Å². The summed E-state index contributed by atoms with van der Waals surface area (Å²) in [5, 5.41) is 6.90. The number of fused-ring (bicyclic) bond motifs is 1. The molecular formula is C32H33Cl2N5O7S2. The van der Waals surface area contributed by atoms with Gasteiger partial charge in [-0.15, -0.1) is 0 Å². The van der Waals surface area contributed by atoms with Gasteiger partial charge < -0.3 is 19.9 Å². The highest BCUT2D eigenvalue weighted by molar-refractivity contribution is 7.92. The lowest BCUT2D eigenvalue weighted by molar-refractivity contribution is -0.122. The molecule has 0 atom stereocenters. The molecule has 5 rings (SSSR count). The van der Waals surface area contributed by atoms with Crippen molar-refractivity contribution in [2.45, 2.75) is 37.0 Å². The largest absolute Gasteiger partial charge is 0.456 e. The average molecular weight is 735 g/mol. The number of amides is 1. The van der Waals surface area contributed by atoms with Crippen molar-refractivity contribution in [3.05, 3.63) is 101 Å². The summed E-state index contributed by atoms with van der Waals surface area (Å²) in [5.41, 5.74) is 3.05. The van der Waals surface area contributed by atoms with Crippen LogP contribution >= 0.6 is 23.2 Å². The molecule has 48 heavy (non-hydrogen) atoms. The molecule has 0 aliphatic heterocycles. The van der Waals surface area contributed by atoms with Gasteiger partial charge in [-0.3, -0.25) is 9.35 Å². The number of aromatic nitrogens is 3. The normalized spacial score (nSPS) is 11.8. The van der Waals surface area contributed by atoms with Gasteiger partial charge in [0.2, 0.25) is 5.91 Å². The van der Waals surface area contributed by atoms with E-state index < -0.39 is 30.6 Å². The fourth-order valence-electron chi connectivity index (χ4n) is 4.15. The van der Waals surface area contributed by atoms with E-state index in [0.29, 0.717) is 45.1 Å². The van der Waals surface area contributed by atoms with Crippen molar-refractivity contribution in [2.75, 3.05) is 18.1 Å². The van der Waals surface area contributed by atoms with Crippen LogP contribution < -0.4 is 15.4 Å². The molecule has 0 aliphatic carbocycles. The van der Waals surface area contributed by atoms with Gasteiger partial charge in [-0.2, -0.15) is 8.42 Å². The molecule has 0 saturated carbocycles. The number of carbonyl (C=O) groups is 1. The lowest BCUT2D eigenvalue weighted by Gasteiger charge is -2.21. The summed E-state index contributed by atoms with van der Waals surface area (Å²) < 4.78 is 59.6. The molecule has 0 spiro atoms. The molecule has 0 aliphatic rings. The van der Waals surface area contributed by atoms with Crippen molar-refractivity contribution in [3.8, 4) is 11.5 Å². The van der Waals surface area contributed by atoms with Gasteiger partial charge in [0.25, 0.3) is 10.1 Å². The number of halogens is 2. The number of nitrogens with one attached hydrogen (secondary N) is 2. The predicted molar refractivity (Wildman–Crippen MR) is 187 cm³/mol. The highest BCUT2D eigenvalue weighted by atomic mass is 35.5. The van der Waals surface area contributed by atoms with Gasteiger partial charge in [0.05, 0.1) is 15.4 Å². The van der Waals surface area contributed by atoms with E-state index >= 15 is 0 Å². The van der Waals surface area contributed by atoms with Crippen LogP contribution in [0.3, 0.4) is 0 Å². The first-order valence-corrected chi connectivity index (χ1v) is 18.4. The number of hydrogen-bond acceptors (Lipinski definition) is 9. The average Bonchev–Trinajstić information content (AvgIpc) is 3.42. The topological polar surface area (TPSA) is 170 Å². The molecule has 0 radical (unpaired) electrons. The van der Waals surface area contributed by atoms with Crippen LogP contribution in [0.1, 0.15) is 19.4 Å². The lowest BCUT2D eigenvalue weighted by atomic mass is 10.2. The van der Waals surface area contributed by atoms with E-state index in [1.165, 1.54) is 32.3 Å². The first kappa shape index (κ1) is 36.6. The summed E-state index contributed by atoms with van der Waals surface area (Å²) in [4.78, 5) is 21.1. The number of nitrogens with zero attached hydrogens (tertiary/aromatic N) is 3. The Bertz CT molecular complexity index is 2160. The minimum Gasteiger partial charge on any atom is -0.456 e. The Labute approximate surface area is 288 Å². The molecule has 3 N–H and O–H groups in total. The molecule has 3 aromatic carbocycles. The molecule has 1 amide bonds. The molecule has 12 nitrogen and oxygen atoms in total. The van der Waals surface area contributed by atoms with E-state index in [1.807, 2.05) is 23.8 Å². The van der Waals surface area contributed by atoms with Crippen LogP contribution in [0.4, 0.5) is 11.5 Å². The zero-order valence-corrected chi connectivity index (χ0v) is 29.5. The quantitative estimate of drug-likeness (QED) is 0.136. The Morgan fingerprint density at radius 2 is 1.69 bits per heavy atom. The monoisotopic (exact) mass is 733 g/mol. The third-order valence-corrected chi connectivity index (χ3v) is 10.6. The number of benzene rings is 3. The minimum absolute atomic E-state index is 0.0666. The van der Waals surface area contributed by atoms with Gasteiger partial charge in [0, 0.05) is 36.3 Å². The molecule has 0 fully saturated rings. The SMILES string of the molecule is CC(C)(C(=O)NCCn1ccc2ncnc(Nc3ccc(Oc4cccc(Cl)c4)c(Cl)c3)c21)S(C)(=O)=O.Cc1ccc(S(=O)(=O)O)cc1. The number of anilines is 2. The van der Waals surface area contributed by atoms with Crippen LogP contribution in [0.25, 0.3) is 11.0 Å². The Balaban J connectivity index is 0.000000401. The molecule has 0 bridgehead atoms. The first-order chi connectivity index (χ1) is 22.5. The van der Waals surface area contributed by atoms with E-state index in [-0.39, 0.29) is 11.4 Å². The van der Waals surface area contributed by atoms with Crippen molar-refractivity contribution >= 4 is 71.6 Å².